The van der Waals surface area contributed by atoms with Gasteiger partial charge in [0, 0.05) is 12.1 Å². The molecule has 2 heterocycles. The van der Waals surface area contributed by atoms with Gasteiger partial charge in [-0.2, -0.15) is 0 Å². The number of carbonyl (C=O) groups is 2. The van der Waals surface area contributed by atoms with Gasteiger partial charge in [-0.1, -0.05) is 42.3 Å². The van der Waals surface area contributed by atoms with E-state index in [0.717, 1.165) is 34.5 Å². The lowest BCUT2D eigenvalue weighted by atomic mass is 9.59. The van der Waals surface area contributed by atoms with Crippen LogP contribution in [-0.2, 0) is 14.2 Å². The molecule has 0 bridgehead atoms. The minimum absolute atomic E-state index is 0.188. The van der Waals surface area contributed by atoms with E-state index in [-0.39, 0.29) is 47.3 Å². The van der Waals surface area contributed by atoms with Gasteiger partial charge in [-0.05, 0) is 74.2 Å². The smallest absolute Gasteiger partial charge is 0.455 e. The zero-order valence-corrected chi connectivity index (χ0v) is 21.9. The summed E-state index contributed by atoms with van der Waals surface area (Å²) in [6, 6.07) is 12.6. The Kier molecular flexibility index (Phi) is 7.42. The van der Waals surface area contributed by atoms with E-state index in [4.69, 9.17) is 4.65 Å². The molecule has 0 unspecified atom stereocenters. The van der Waals surface area contributed by atoms with Gasteiger partial charge in [-0.3, -0.25) is 19.7 Å². The van der Waals surface area contributed by atoms with Crippen LogP contribution in [0.5, 0.6) is 5.75 Å². The maximum Gasteiger partial charge on any atom is 0.455 e. The van der Waals surface area contributed by atoms with E-state index in [1.807, 2.05) is 19.1 Å². The van der Waals surface area contributed by atoms with Crippen LogP contribution < -0.4 is 4.90 Å². The second-order valence-corrected chi connectivity index (χ2v) is 10.6. The summed E-state index contributed by atoms with van der Waals surface area (Å²) in [6.45, 7) is 4.04. The molecule has 2 aromatic carbocycles. The van der Waals surface area contributed by atoms with Crippen LogP contribution in [0.25, 0.3) is 6.08 Å². The van der Waals surface area contributed by atoms with Crippen molar-refractivity contribution in [2.24, 2.45) is 17.8 Å². The maximum atomic E-state index is 13.7. The Balaban J connectivity index is 1.39. The molecule has 2 N–H and O–H groups in total. The van der Waals surface area contributed by atoms with E-state index in [9.17, 15) is 29.8 Å². The highest BCUT2D eigenvalue weighted by Crippen LogP contribution is 2.51. The number of amides is 2. The molecule has 2 saturated heterocycles. The van der Waals surface area contributed by atoms with Crippen LogP contribution in [0.3, 0.4) is 0 Å². The lowest BCUT2D eigenvalue weighted by molar-refractivity contribution is -0.384. The van der Waals surface area contributed by atoms with Gasteiger partial charge in [0.25, 0.3) is 5.69 Å². The predicted molar refractivity (Wildman–Crippen MR) is 147 cm³/mol. The van der Waals surface area contributed by atoms with Gasteiger partial charge in [0.05, 0.1) is 28.6 Å². The Hall–Kier alpha value is -3.76. The fourth-order valence-corrected chi connectivity index (χ4v) is 6.39. The third-order valence-electron chi connectivity index (χ3n) is 8.20. The Morgan fingerprint density at radius 3 is 2.62 bits per heavy atom. The number of rotatable bonds is 7. The van der Waals surface area contributed by atoms with Crippen LogP contribution in [0.1, 0.15) is 45.1 Å². The van der Waals surface area contributed by atoms with E-state index < -0.39 is 23.9 Å². The molecule has 3 aliphatic rings. The molecular formula is C29H31BN2O7. The second kappa shape index (κ2) is 10.8. The van der Waals surface area contributed by atoms with Crippen molar-refractivity contribution in [1.82, 2.24) is 0 Å². The van der Waals surface area contributed by atoms with Crippen molar-refractivity contribution < 1.29 is 29.3 Å². The average Bonchev–Trinajstić information content (AvgIpc) is 3.16. The number of allylic oxidation sites excluding steroid dienone is 2. The van der Waals surface area contributed by atoms with Gasteiger partial charge >= 0.3 is 7.12 Å². The molecular weight excluding hydrogens is 499 g/mol. The topological polar surface area (TPSA) is 130 Å². The number of phenols is 1. The molecule has 0 saturated carbocycles. The van der Waals surface area contributed by atoms with Crippen molar-refractivity contribution in [3.63, 3.8) is 0 Å². The van der Waals surface area contributed by atoms with E-state index in [1.165, 1.54) is 29.8 Å². The van der Waals surface area contributed by atoms with Gasteiger partial charge in [-0.15, -0.1) is 0 Å². The third-order valence-corrected chi connectivity index (χ3v) is 8.20. The van der Waals surface area contributed by atoms with Crippen LogP contribution in [0.15, 0.2) is 65.3 Å². The van der Waals surface area contributed by atoms with Gasteiger partial charge in [0.15, 0.2) is 0 Å². The summed E-state index contributed by atoms with van der Waals surface area (Å²) in [4.78, 5) is 39.0. The highest BCUT2D eigenvalue weighted by molar-refractivity contribution is 6.43. The number of hydrogen-bond acceptors (Lipinski definition) is 7. The van der Waals surface area contributed by atoms with E-state index >= 15 is 0 Å². The first-order valence-electron chi connectivity index (χ1n) is 13.3. The van der Waals surface area contributed by atoms with Crippen LogP contribution in [0, 0.1) is 27.9 Å². The molecule has 2 aromatic rings. The van der Waals surface area contributed by atoms with E-state index in [2.05, 4.69) is 13.0 Å². The summed E-state index contributed by atoms with van der Waals surface area (Å²) < 4.78 is 6.00. The molecule has 2 fully saturated rings. The first kappa shape index (κ1) is 26.8. The summed E-state index contributed by atoms with van der Waals surface area (Å²) >= 11 is 0. The molecule has 4 atom stereocenters. The molecule has 0 spiro atoms. The van der Waals surface area contributed by atoms with Gasteiger partial charge < -0.3 is 14.8 Å². The zero-order valence-electron chi connectivity index (χ0n) is 21.9. The van der Waals surface area contributed by atoms with Gasteiger partial charge in [-0.25, -0.2) is 4.90 Å². The number of hydrogen-bond donors (Lipinski definition) is 2. The van der Waals surface area contributed by atoms with E-state index in [0.29, 0.717) is 12.8 Å². The van der Waals surface area contributed by atoms with Crippen molar-refractivity contribution in [1.29, 1.82) is 0 Å². The highest BCUT2D eigenvalue weighted by Gasteiger charge is 2.57. The second-order valence-electron chi connectivity index (χ2n) is 10.6. The molecule has 0 aromatic heterocycles. The molecule has 39 heavy (non-hydrogen) atoms. The van der Waals surface area contributed by atoms with Gasteiger partial charge in [0.2, 0.25) is 11.8 Å². The number of nitro groups is 1. The number of nitro benzene ring substituents is 1. The Bertz CT molecular complexity index is 1370. The summed E-state index contributed by atoms with van der Waals surface area (Å²) in [5.41, 5.74) is 4.18. The number of nitrogens with zero attached hydrogens (tertiary/aromatic N) is 2. The number of benzene rings is 2. The molecule has 5 rings (SSSR count). The number of fused-ring (bicyclic) bond motifs is 3. The first-order valence-corrected chi connectivity index (χ1v) is 13.3. The van der Waals surface area contributed by atoms with Crippen LogP contribution in [-0.4, -0.2) is 40.1 Å². The van der Waals surface area contributed by atoms with Crippen molar-refractivity contribution in [2.75, 3.05) is 4.90 Å². The zero-order chi connectivity index (χ0) is 27.8. The summed E-state index contributed by atoms with van der Waals surface area (Å²) in [5, 5.41) is 31.5. The SMILES string of the molecule is CC/C(=C\c1ccc(O)cc1)CC[C@H]1OB(O)C[C@H]2C1=C(C)C[C@H]1C(=O)N(c3cccc([N+](=O)[O-])c3)C(=O)[C@H]12. The highest BCUT2D eigenvalue weighted by atomic mass is 16.6. The fraction of sp³-hybridized carbons (Fsp3) is 0.379. The minimum atomic E-state index is -1.06. The number of anilines is 1. The molecule has 9 nitrogen and oxygen atoms in total. The number of carbonyl (C=O) groups excluding carboxylic acids is 2. The van der Waals surface area contributed by atoms with Crippen molar-refractivity contribution in [3.8, 4) is 5.75 Å². The van der Waals surface area contributed by atoms with Crippen molar-refractivity contribution in [3.05, 3.63) is 80.9 Å². The number of phenolic OH excluding ortho intramolecular Hbond substituents is 1. The van der Waals surface area contributed by atoms with Crippen molar-refractivity contribution in [2.45, 2.75) is 52.0 Å². The molecule has 202 valence electrons. The fourth-order valence-electron chi connectivity index (χ4n) is 6.39. The molecule has 2 aliphatic heterocycles. The Labute approximate surface area is 227 Å². The summed E-state index contributed by atoms with van der Waals surface area (Å²) in [7, 11) is -1.06. The van der Waals surface area contributed by atoms with E-state index in [1.54, 1.807) is 12.1 Å². The quantitative estimate of drug-likeness (QED) is 0.171. The number of aromatic hydroxyl groups is 1. The Morgan fingerprint density at radius 1 is 1.18 bits per heavy atom. The maximum absolute atomic E-state index is 13.7. The lowest BCUT2D eigenvalue weighted by Crippen LogP contribution is -2.46. The largest absolute Gasteiger partial charge is 0.508 e. The average molecular weight is 530 g/mol. The van der Waals surface area contributed by atoms with Crippen LogP contribution in [0.2, 0.25) is 6.32 Å². The first-order chi connectivity index (χ1) is 18.7. The van der Waals surface area contributed by atoms with Crippen LogP contribution in [0.4, 0.5) is 11.4 Å². The lowest BCUT2D eigenvalue weighted by Gasteiger charge is -2.42. The summed E-state index contributed by atoms with van der Waals surface area (Å²) in [6.07, 6.45) is 4.50. The molecule has 2 amide bonds. The number of non-ortho nitro benzene ring substituents is 1. The Morgan fingerprint density at radius 2 is 1.92 bits per heavy atom. The predicted octanol–water partition coefficient (Wildman–Crippen LogP) is 4.90. The molecule has 10 heteroatoms. The monoisotopic (exact) mass is 530 g/mol. The van der Waals surface area contributed by atoms with Gasteiger partial charge in [0.1, 0.15) is 5.75 Å². The molecule has 0 radical (unpaired) electrons. The molecule has 1 aliphatic carbocycles. The summed E-state index contributed by atoms with van der Waals surface area (Å²) in [5.74, 6) is -2.08. The third kappa shape index (κ3) is 5.14. The number of imide groups is 1. The minimum Gasteiger partial charge on any atom is -0.508 e. The van der Waals surface area contributed by atoms with Crippen molar-refractivity contribution >= 4 is 36.4 Å². The standard InChI is InChI=1S/C29H31BN2O7/c1-3-18(14-19-7-10-22(33)11-8-19)9-12-25-26-17(2)13-23-27(24(26)16-30(36)39-25)29(35)31(28(23)34)20-5-4-6-21(15-20)32(37)38/h4-8,10-11,14-15,23-25,27,33,36H,3,9,12-13,16H2,1-2H3/b18-14+/t23-,24+,25-,27-/m1/s1. The normalized spacial score (nSPS) is 25.2. The van der Waals surface area contributed by atoms with Crippen LogP contribution >= 0.6 is 0 Å².